The summed E-state index contributed by atoms with van der Waals surface area (Å²) in [7, 11) is 3.62. The molecular weight excluding hydrogens is 322 g/mol. The maximum atomic E-state index is 12.6. The van der Waals surface area contributed by atoms with Crippen LogP contribution in [0.25, 0.3) is 0 Å². The Labute approximate surface area is 146 Å². The lowest BCUT2D eigenvalue weighted by Gasteiger charge is -2.38. The number of carbonyl (C=O) groups is 2. The number of nitrogens with zero attached hydrogens (tertiary/aromatic N) is 4. The fourth-order valence-corrected chi connectivity index (χ4v) is 3.11. The van der Waals surface area contributed by atoms with Crippen LogP contribution < -0.4 is 5.32 Å². The molecule has 0 aliphatic carbocycles. The first-order valence-electron chi connectivity index (χ1n) is 8.38. The van der Waals surface area contributed by atoms with Crippen LogP contribution >= 0.6 is 0 Å². The molecule has 1 saturated heterocycles. The summed E-state index contributed by atoms with van der Waals surface area (Å²) in [5, 5.41) is 6.91. The Hall–Kier alpha value is -2.64. The first-order chi connectivity index (χ1) is 11.9. The van der Waals surface area contributed by atoms with Gasteiger partial charge in [-0.1, -0.05) is 19.0 Å². The normalized spacial score (nSPS) is 21.0. The first kappa shape index (κ1) is 17.2. The van der Waals surface area contributed by atoms with E-state index < -0.39 is 0 Å². The second-order valence-electron chi connectivity index (χ2n) is 6.74. The van der Waals surface area contributed by atoms with Gasteiger partial charge in [-0.25, -0.2) is 4.98 Å². The molecule has 2 aromatic rings. The fraction of sp³-hybridized carbons (Fsp3) is 0.529. The van der Waals surface area contributed by atoms with Crippen molar-refractivity contribution >= 4 is 11.8 Å². The molecule has 0 bridgehead atoms. The van der Waals surface area contributed by atoms with Crippen LogP contribution in [-0.4, -0.2) is 44.5 Å². The molecule has 2 atom stereocenters. The van der Waals surface area contributed by atoms with Crippen LogP contribution in [0.3, 0.4) is 0 Å². The quantitative estimate of drug-likeness (QED) is 0.909. The summed E-state index contributed by atoms with van der Waals surface area (Å²) < 4.78 is 7.03. The summed E-state index contributed by atoms with van der Waals surface area (Å²) in [6, 6.07) is 1.09. The van der Waals surface area contributed by atoms with Gasteiger partial charge >= 0.3 is 0 Å². The summed E-state index contributed by atoms with van der Waals surface area (Å²) in [6.07, 6.45) is 4.45. The summed E-state index contributed by atoms with van der Waals surface area (Å²) in [6.45, 7) is 3.97. The van der Waals surface area contributed by atoms with Crippen LogP contribution in [0, 0.1) is 0 Å². The average Bonchev–Trinajstić information content (AvgIpc) is 3.21. The van der Waals surface area contributed by atoms with Crippen LogP contribution in [0.2, 0.25) is 0 Å². The van der Waals surface area contributed by atoms with Crippen molar-refractivity contribution in [3.8, 4) is 0 Å². The van der Waals surface area contributed by atoms with E-state index in [0.717, 1.165) is 11.5 Å². The number of likely N-dealkylation sites (N-methyl/N-ethyl adjacent to an activating group) is 1. The highest BCUT2D eigenvalue weighted by Gasteiger charge is 2.38. The molecule has 8 nitrogen and oxygen atoms in total. The van der Waals surface area contributed by atoms with Gasteiger partial charge in [0.05, 0.1) is 11.7 Å². The molecule has 25 heavy (non-hydrogen) atoms. The molecular formula is C17H23N5O3. The minimum absolute atomic E-state index is 0.0419. The van der Waals surface area contributed by atoms with E-state index in [4.69, 9.17) is 4.52 Å². The van der Waals surface area contributed by atoms with Gasteiger partial charge in [-0.15, -0.1) is 0 Å². The molecule has 3 rings (SSSR count). The Balaban J connectivity index is 1.82. The number of imidazole rings is 1. The van der Waals surface area contributed by atoms with Gasteiger partial charge in [0.25, 0.3) is 5.91 Å². The van der Waals surface area contributed by atoms with Gasteiger partial charge < -0.3 is 19.3 Å². The molecule has 1 aliphatic heterocycles. The Bertz CT molecular complexity index is 779. The first-order valence-corrected chi connectivity index (χ1v) is 8.38. The van der Waals surface area contributed by atoms with Gasteiger partial charge in [0, 0.05) is 39.0 Å². The van der Waals surface area contributed by atoms with Crippen molar-refractivity contribution in [1.29, 1.82) is 0 Å². The molecule has 3 heterocycles. The van der Waals surface area contributed by atoms with E-state index in [0.29, 0.717) is 12.8 Å². The minimum Gasteiger partial charge on any atom is -0.351 e. The van der Waals surface area contributed by atoms with Gasteiger partial charge in [-0.05, 0) is 12.3 Å². The standard InChI is InChI=1S/C17H23N5O3/c1-10(2)12-9-13(25-20-12)17(24)19-11-5-6-14(23)22(4)15(11)16-18-7-8-21(16)3/h7-11,15H,5-6H2,1-4H3,(H,19,24)/t11-,15-/m1/s1. The maximum Gasteiger partial charge on any atom is 0.290 e. The number of aromatic nitrogens is 3. The zero-order valence-electron chi connectivity index (χ0n) is 14.9. The van der Waals surface area contributed by atoms with E-state index in [9.17, 15) is 9.59 Å². The maximum absolute atomic E-state index is 12.6. The Morgan fingerprint density at radius 2 is 2.16 bits per heavy atom. The van der Waals surface area contributed by atoms with Crippen LogP contribution in [0.5, 0.6) is 0 Å². The topological polar surface area (TPSA) is 93.3 Å². The summed E-state index contributed by atoms with van der Waals surface area (Å²) in [5.74, 6) is 0.818. The van der Waals surface area contributed by atoms with Crippen molar-refractivity contribution in [2.45, 2.75) is 44.7 Å². The third-order valence-electron chi connectivity index (χ3n) is 4.64. The number of piperidine rings is 1. The van der Waals surface area contributed by atoms with E-state index in [-0.39, 0.29) is 35.6 Å². The monoisotopic (exact) mass is 345 g/mol. The Morgan fingerprint density at radius 3 is 2.76 bits per heavy atom. The molecule has 1 fully saturated rings. The second-order valence-corrected chi connectivity index (χ2v) is 6.74. The number of hydrogen-bond acceptors (Lipinski definition) is 5. The summed E-state index contributed by atoms with van der Waals surface area (Å²) >= 11 is 0. The van der Waals surface area contributed by atoms with E-state index in [1.807, 2.05) is 31.7 Å². The SMILES string of the molecule is CC(C)c1cc(C(=O)N[C@@H]2CCC(=O)N(C)[C@H]2c2nccn2C)on1. The molecule has 0 unspecified atom stereocenters. The predicted molar refractivity (Wildman–Crippen MR) is 89.8 cm³/mol. The lowest BCUT2D eigenvalue weighted by Crippen LogP contribution is -2.51. The number of amides is 2. The van der Waals surface area contributed by atoms with Crippen LogP contribution in [0.4, 0.5) is 0 Å². The average molecular weight is 345 g/mol. The lowest BCUT2D eigenvalue weighted by atomic mass is 9.95. The lowest BCUT2D eigenvalue weighted by molar-refractivity contribution is -0.136. The van der Waals surface area contributed by atoms with Crippen LogP contribution in [0.1, 0.15) is 60.7 Å². The van der Waals surface area contributed by atoms with E-state index in [2.05, 4.69) is 15.5 Å². The van der Waals surface area contributed by atoms with Crippen molar-refractivity contribution < 1.29 is 14.1 Å². The molecule has 0 saturated carbocycles. The third-order valence-corrected chi connectivity index (χ3v) is 4.64. The molecule has 8 heteroatoms. The van der Waals surface area contributed by atoms with Crippen molar-refractivity contribution in [3.63, 3.8) is 0 Å². The minimum atomic E-state index is -0.327. The number of nitrogens with one attached hydrogen (secondary N) is 1. The van der Waals surface area contributed by atoms with Gasteiger partial charge in [-0.2, -0.15) is 0 Å². The highest BCUT2D eigenvalue weighted by Crippen LogP contribution is 2.30. The molecule has 1 N–H and O–H groups in total. The number of carbonyl (C=O) groups excluding carboxylic acids is 2. The zero-order chi connectivity index (χ0) is 18.1. The Kier molecular flexibility index (Phi) is 4.61. The third kappa shape index (κ3) is 3.29. The number of rotatable bonds is 4. The highest BCUT2D eigenvalue weighted by atomic mass is 16.5. The smallest absolute Gasteiger partial charge is 0.290 e. The fourth-order valence-electron chi connectivity index (χ4n) is 3.11. The molecule has 0 radical (unpaired) electrons. The molecule has 0 aromatic carbocycles. The second kappa shape index (κ2) is 6.70. The Morgan fingerprint density at radius 1 is 1.40 bits per heavy atom. The van der Waals surface area contributed by atoms with Crippen LogP contribution in [-0.2, 0) is 11.8 Å². The summed E-state index contributed by atoms with van der Waals surface area (Å²) in [4.78, 5) is 30.7. The van der Waals surface area contributed by atoms with Gasteiger partial charge in [-0.3, -0.25) is 9.59 Å². The predicted octanol–water partition coefficient (Wildman–Crippen LogP) is 1.62. The van der Waals surface area contributed by atoms with Crippen molar-refractivity contribution in [1.82, 2.24) is 24.9 Å². The molecule has 1 aliphatic rings. The number of hydrogen-bond donors (Lipinski definition) is 1. The molecule has 134 valence electrons. The number of likely N-dealkylation sites (tertiary alicyclic amines) is 1. The highest BCUT2D eigenvalue weighted by molar-refractivity contribution is 5.92. The zero-order valence-corrected chi connectivity index (χ0v) is 14.9. The van der Waals surface area contributed by atoms with Crippen molar-refractivity contribution in [2.75, 3.05) is 7.05 Å². The van der Waals surface area contributed by atoms with E-state index >= 15 is 0 Å². The van der Waals surface area contributed by atoms with Crippen molar-refractivity contribution in [3.05, 3.63) is 35.7 Å². The van der Waals surface area contributed by atoms with Gasteiger partial charge in [0.15, 0.2) is 0 Å². The van der Waals surface area contributed by atoms with E-state index in [1.54, 1.807) is 24.2 Å². The van der Waals surface area contributed by atoms with E-state index in [1.165, 1.54) is 0 Å². The molecule has 2 aromatic heterocycles. The molecule has 0 spiro atoms. The van der Waals surface area contributed by atoms with Gasteiger partial charge in [0.1, 0.15) is 11.9 Å². The van der Waals surface area contributed by atoms with Gasteiger partial charge in [0.2, 0.25) is 11.7 Å². The number of aryl methyl sites for hydroxylation is 1. The van der Waals surface area contributed by atoms with Crippen LogP contribution in [0.15, 0.2) is 23.0 Å². The summed E-state index contributed by atoms with van der Waals surface area (Å²) in [5.41, 5.74) is 0.738. The van der Waals surface area contributed by atoms with Crippen molar-refractivity contribution in [2.24, 2.45) is 7.05 Å². The largest absolute Gasteiger partial charge is 0.351 e. The molecule has 2 amide bonds.